The molecule has 31 heavy (non-hydrogen) atoms. The van der Waals surface area contributed by atoms with E-state index in [1.165, 1.54) is 0 Å². The van der Waals surface area contributed by atoms with Crippen LogP contribution >= 0.6 is 23.2 Å². The first-order valence-electron chi connectivity index (χ1n) is 9.63. The second-order valence-electron chi connectivity index (χ2n) is 6.69. The van der Waals surface area contributed by atoms with Gasteiger partial charge in [0, 0.05) is 12.2 Å². The van der Waals surface area contributed by atoms with Gasteiger partial charge in [0.05, 0.1) is 34.5 Å². The van der Waals surface area contributed by atoms with E-state index < -0.39 is 0 Å². The van der Waals surface area contributed by atoms with Crippen molar-refractivity contribution in [2.45, 2.75) is 6.54 Å². The second kappa shape index (κ2) is 11.2. The normalized spacial score (nSPS) is 10.3. The Balaban J connectivity index is 1.45. The van der Waals surface area contributed by atoms with E-state index in [1.807, 2.05) is 48.5 Å². The van der Waals surface area contributed by atoms with Crippen molar-refractivity contribution >= 4 is 52.1 Å². The Labute approximate surface area is 190 Å². The molecule has 0 aromatic heterocycles. The van der Waals surface area contributed by atoms with Crippen LogP contribution in [-0.2, 0) is 16.1 Å². The first-order chi connectivity index (χ1) is 15.0. The molecule has 0 aliphatic carbocycles. The molecule has 0 radical (unpaired) electrons. The summed E-state index contributed by atoms with van der Waals surface area (Å²) in [7, 11) is 0. The topological polar surface area (TPSA) is 82.3 Å². The maximum absolute atomic E-state index is 12.2. The lowest BCUT2D eigenvalue weighted by atomic mass is 10.2. The summed E-state index contributed by atoms with van der Waals surface area (Å²) < 4.78 is 0. The van der Waals surface area contributed by atoms with E-state index in [0.29, 0.717) is 33.7 Å². The molecular weight excluding hydrogens is 435 g/mol. The molecule has 0 bridgehead atoms. The van der Waals surface area contributed by atoms with Gasteiger partial charge < -0.3 is 21.3 Å². The number of hydrogen-bond donors (Lipinski definition) is 4. The molecule has 160 valence electrons. The highest BCUT2D eigenvalue weighted by molar-refractivity contribution is 6.33. The van der Waals surface area contributed by atoms with Gasteiger partial charge in [-0.15, -0.1) is 0 Å². The number of carbonyl (C=O) groups is 2. The van der Waals surface area contributed by atoms with Crippen molar-refractivity contribution in [3.05, 3.63) is 88.4 Å². The molecule has 0 atom stereocenters. The Hall–Kier alpha value is -3.22. The van der Waals surface area contributed by atoms with Crippen molar-refractivity contribution in [1.29, 1.82) is 0 Å². The number of benzene rings is 3. The monoisotopic (exact) mass is 456 g/mol. The van der Waals surface area contributed by atoms with Gasteiger partial charge in [-0.25, -0.2) is 0 Å². The van der Waals surface area contributed by atoms with Crippen LogP contribution in [0.25, 0.3) is 0 Å². The molecule has 0 fully saturated rings. The zero-order chi connectivity index (χ0) is 22.1. The van der Waals surface area contributed by atoms with Crippen LogP contribution in [0.4, 0.5) is 17.1 Å². The highest BCUT2D eigenvalue weighted by Gasteiger charge is 2.07. The number of rotatable bonds is 9. The van der Waals surface area contributed by atoms with Crippen LogP contribution in [0.15, 0.2) is 72.8 Å². The summed E-state index contributed by atoms with van der Waals surface area (Å²) in [5.41, 5.74) is 2.91. The molecule has 0 spiro atoms. The summed E-state index contributed by atoms with van der Waals surface area (Å²) in [5.74, 6) is -0.372. The van der Waals surface area contributed by atoms with Crippen molar-refractivity contribution in [3.8, 4) is 0 Å². The van der Waals surface area contributed by atoms with Gasteiger partial charge in [-0.05, 0) is 42.0 Å². The molecule has 0 saturated carbocycles. The Morgan fingerprint density at radius 2 is 1.29 bits per heavy atom. The first kappa shape index (κ1) is 22.5. The molecule has 4 N–H and O–H groups in total. The molecule has 0 saturated heterocycles. The van der Waals surface area contributed by atoms with Crippen molar-refractivity contribution in [3.63, 3.8) is 0 Å². The van der Waals surface area contributed by atoms with E-state index in [9.17, 15) is 9.59 Å². The summed E-state index contributed by atoms with van der Waals surface area (Å²) in [6.45, 7) is 0.525. The van der Waals surface area contributed by atoms with Crippen LogP contribution in [0.3, 0.4) is 0 Å². The number of nitrogens with one attached hydrogen (secondary N) is 4. The number of para-hydroxylation sites is 2. The smallest absolute Gasteiger partial charge is 0.243 e. The maximum atomic E-state index is 12.2. The number of amides is 2. The fraction of sp³-hybridized carbons (Fsp3) is 0.130. The highest BCUT2D eigenvalue weighted by Crippen LogP contribution is 2.21. The minimum absolute atomic E-state index is 0.0818. The Morgan fingerprint density at radius 1 is 0.710 bits per heavy atom. The van der Waals surface area contributed by atoms with Crippen molar-refractivity contribution in [1.82, 2.24) is 5.32 Å². The van der Waals surface area contributed by atoms with Crippen LogP contribution in [0.2, 0.25) is 10.0 Å². The molecular formula is C23H22Cl2N4O2. The average Bonchev–Trinajstić information content (AvgIpc) is 2.77. The minimum Gasteiger partial charge on any atom is -0.375 e. The van der Waals surface area contributed by atoms with Crippen molar-refractivity contribution < 1.29 is 9.59 Å². The lowest BCUT2D eigenvalue weighted by molar-refractivity contribution is -0.119. The minimum atomic E-state index is -0.204. The zero-order valence-electron chi connectivity index (χ0n) is 16.6. The molecule has 0 unspecified atom stereocenters. The van der Waals surface area contributed by atoms with Gasteiger partial charge in [-0.3, -0.25) is 9.59 Å². The third-order valence-corrected chi connectivity index (χ3v) is 4.99. The molecule has 8 heteroatoms. The first-order valence-corrected chi connectivity index (χ1v) is 10.4. The lowest BCUT2D eigenvalue weighted by Gasteiger charge is -2.11. The molecule has 3 aromatic carbocycles. The van der Waals surface area contributed by atoms with Crippen molar-refractivity contribution in [2.24, 2.45) is 0 Å². The molecule has 0 aliphatic heterocycles. The predicted octanol–water partition coefficient (Wildman–Crippen LogP) is 4.77. The van der Waals surface area contributed by atoms with Crippen LogP contribution in [0.5, 0.6) is 0 Å². The van der Waals surface area contributed by atoms with Gasteiger partial charge in [-0.2, -0.15) is 0 Å². The highest BCUT2D eigenvalue weighted by atomic mass is 35.5. The van der Waals surface area contributed by atoms with E-state index in [-0.39, 0.29) is 24.9 Å². The number of anilines is 3. The Kier molecular flexibility index (Phi) is 8.15. The van der Waals surface area contributed by atoms with Crippen LogP contribution in [0, 0.1) is 0 Å². The summed E-state index contributed by atoms with van der Waals surface area (Å²) in [4.78, 5) is 24.3. The van der Waals surface area contributed by atoms with Crippen molar-refractivity contribution in [2.75, 3.05) is 29.0 Å². The Bertz CT molecular complexity index is 1060. The molecule has 6 nitrogen and oxygen atoms in total. The zero-order valence-corrected chi connectivity index (χ0v) is 18.1. The van der Waals surface area contributed by atoms with E-state index >= 15 is 0 Å². The lowest BCUT2D eigenvalue weighted by Crippen LogP contribution is -2.29. The quantitative estimate of drug-likeness (QED) is 0.373. The van der Waals surface area contributed by atoms with E-state index in [2.05, 4.69) is 21.3 Å². The standard InChI is InChI=1S/C23H22Cl2N4O2/c24-18-8-1-3-10-20(18)26-14-22(30)28-13-16-6-5-7-17(12-16)29-23(31)15-27-21-11-4-2-9-19(21)25/h1-12,26-27H,13-15H2,(H,28,30)(H,29,31). The molecule has 0 aliphatic rings. The fourth-order valence-electron chi connectivity index (χ4n) is 2.79. The second-order valence-corrected chi connectivity index (χ2v) is 7.51. The van der Waals surface area contributed by atoms with Crippen LogP contribution < -0.4 is 21.3 Å². The van der Waals surface area contributed by atoms with Gasteiger partial charge >= 0.3 is 0 Å². The largest absolute Gasteiger partial charge is 0.375 e. The van der Waals surface area contributed by atoms with Crippen LogP contribution in [-0.4, -0.2) is 24.9 Å². The number of carbonyl (C=O) groups excluding carboxylic acids is 2. The molecule has 3 aromatic rings. The average molecular weight is 457 g/mol. The van der Waals surface area contributed by atoms with Gasteiger partial charge in [0.2, 0.25) is 11.8 Å². The number of halogens is 2. The van der Waals surface area contributed by atoms with E-state index in [0.717, 1.165) is 5.56 Å². The molecule has 3 rings (SSSR count). The van der Waals surface area contributed by atoms with Crippen LogP contribution in [0.1, 0.15) is 5.56 Å². The number of hydrogen-bond acceptors (Lipinski definition) is 4. The summed E-state index contributed by atoms with van der Waals surface area (Å²) in [6, 6.07) is 21.8. The maximum Gasteiger partial charge on any atom is 0.243 e. The summed E-state index contributed by atoms with van der Waals surface area (Å²) >= 11 is 12.1. The van der Waals surface area contributed by atoms with Gasteiger partial charge in [0.1, 0.15) is 0 Å². The molecule has 2 amide bonds. The SMILES string of the molecule is O=C(CNc1ccccc1Cl)NCc1cccc(NC(=O)CNc2ccccc2Cl)c1. The molecule has 0 heterocycles. The van der Waals surface area contributed by atoms with Gasteiger partial charge in [0.25, 0.3) is 0 Å². The van der Waals surface area contributed by atoms with Gasteiger partial charge in [0.15, 0.2) is 0 Å². The fourth-order valence-corrected chi connectivity index (χ4v) is 3.19. The van der Waals surface area contributed by atoms with E-state index in [1.54, 1.807) is 24.3 Å². The van der Waals surface area contributed by atoms with Gasteiger partial charge in [-0.1, -0.05) is 59.6 Å². The predicted molar refractivity (Wildman–Crippen MR) is 127 cm³/mol. The third kappa shape index (κ3) is 7.20. The third-order valence-electron chi connectivity index (χ3n) is 4.33. The van der Waals surface area contributed by atoms with E-state index in [4.69, 9.17) is 23.2 Å². The summed E-state index contributed by atoms with van der Waals surface area (Å²) in [5, 5.41) is 12.8. The summed E-state index contributed by atoms with van der Waals surface area (Å²) in [6.07, 6.45) is 0. The Morgan fingerprint density at radius 3 is 1.90 bits per heavy atom.